The van der Waals surface area contributed by atoms with Crippen LogP contribution in [0.5, 0.6) is 0 Å². The van der Waals surface area contributed by atoms with Gasteiger partial charge < -0.3 is 10.2 Å². The summed E-state index contributed by atoms with van der Waals surface area (Å²) >= 11 is 6.28. The molecule has 0 atom stereocenters. The van der Waals surface area contributed by atoms with Crippen LogP contribution in [0.1, 0.15) is 11.1 Å². The van der Waals surface area contributed by atoms with Gasteiger partial charge in [-0.2, -0.15) is 5.10 Å². The number of hydrogen-bond donors (Lipinski definition) is 1. The Morgan fingerprint density at radius 1 is 1.10 bits per heavy atom. The maximum Gasteiger partial charge on any atom is 0.244 e. The summed E-state index contributed by atoms with van der Waals surface area (Å²) in [5.74, 6) is -0.516. The molecule has 2 amide bonds. The second-order valence-corrected chi connectivity index (χ2v) is 7.33. The Morgan fingerprint density at radius 2 is 1.80 bits per heavy atom. The lowest BCUT2D eigenvalue weighted by molar-refractivity contribution is -0.129. The van der Waals surface area contributed by atoms with Gasteiger partial charge in [0.2, 0.25) is 11.8 Å². The first-order valence-corrected chi connectivity index (χ1v) is 9.84. The van der Waals surface area contributed by atoms with Crippen LogP contribution in [0.2, 0.25) is 5.02 Å². The molecule has 0 bridgehead atoms. The summed E-state index contributed by atoms with van der Waals surface area (Å²) in [6.07, 6.45) is 4.99. The number of hydrogen-bond acceptors (Lipinski definition) is 3. The summed E-state index contributed by atoms with van der Waals surface area (Å²) in [5.41, 5.74) is 3.45. The summed E-state index contributed by atoms with van der Waals surface area (Å²) in [4.78, 5) is 25.2. The summed E-state index contributed by atoms with van der Waals surface area (Å²) in [7, 11) is 3.29. The first kappa shape index (κ1) is 21.3. The largest absolute Gasteiger partial charge is 0.347 e. The van der Waals surface area contributed by atoms with E-state index in [0.717, 1.165) is 22.4 Å². The molecular weight excluding hydrogens is 400 g/mol. The first-order valence-electron chi connectivity index (χ1n) is 9.46. The molecule has 0 aliphatic carbocycles. The van der Waals surface area contributed by atoms with Crippen molar-refractivity contribution in [3.63, 3.8) is 0 Å². The molecule has 1 N–H and O–H groups in total. The molecule has 30 heavy (non-hydrogen) atoms. The standard InChI is InChI=1S/C23H23ClN4O2/c1-27(2)22(30)14-25-21(29)13-12-19-16-28(15-18-10-6-7-11-20(18)24)26-23(19)17-8-4-3-5-9-17/h3-13,16H,14-15H2,1-2H3,(H,25,29)/b13-12+. The van der Waals surface area contributed by atoms with Crippen LogP contribution in [0.4, 0.5) is 0 Å². The molecule has 0 unspecified atom stereocenters. The van der Waals surface area contributed by atoms with Gasteiger partial charge in [-0.15, -0.1) is 0 Å². The lowest BCUT2D eigenvalue weighted by atomic mass is 10.1. The number of nitrogens with zero attached hydrogens (tertiary/aromatic N) is 3. The Balaban J connectivity index is 1.83. The minimum Gasteiger partial charge on any atom is -0.347 e. The van der Waals surface area contributed by atoms with E-state index in [1.807, 2.05) is 60.8 Å². The molecule has 1 heterocycles. The van der Waals surface area contributed by atoms with Crippen molar-refractivity contribution in [2.45, 2.75) is 6.54 Å². The average molecular weight is 423 g/mol. The second-order valence-electron chi connectivity index (χ2n) is 6.93. The van der Waals surface area contributed by atoms with Crippen LogP contribution in [0, 0.1) is 0 Å². The molecule has 3 aromatic rings. The van der Waals surface area contributed by atoms with E-state index < -0.39 is 0 Å². The predicted octanol–water partition coefficient (Wildman–Crippen LogP) is 3.47. The monoisotopic (exact) mass is 422 g/mol. The Labute approximate surface area is 180 Å². The van der Waals surface area contributed by atoms with Crippen molar-refractivity contribution < 1.29 is 9.59 Å². The lowest BCUT2D eigenvalue weighted by Gasteiger charge is -2.09. The zero-order chi connectivity index (χ0) is 21.5. The van der Waals surface area contributed by atoms with Gasteiger partial charge in [-0.1, -0.05) is 60.1 Å². The summed E-state index contributed by atoms with van der Waals surface area (Å²) < 4.78 is 1.80. The van der Waals surface area contributed by atoms with Gasteiger partial charge in [0.25, 0.3) is 0 Å². The van der Waals surface area contributed by atoms with E-state index in [1.54, 1.807) is 24.9 Å². The van der Waals surface area contributed by atoms with Gasteiger partial charge in [-0.3, -0.25) is 14.3 Å². The van der Waals surface area contributed by atoms with Gasteiger partial charge in [-0.25, -0.2) is 0 Å². The molecule has 0 radical (unpaired) electrons. The fourth-order valence-electron chi connectivity index (χ4n) is 2.81. The number of nitrogens with one attached hydrogen (secondary N) is 1. The van der Waals surface area contributed by atoms with Crippen LogP contribution in [0.3, 0.4) is 0 Å². The number of rotatable bonds is 7. The van der Waals surface area contributed by atoms with Crippen LogP contribution in [0.15, 0.2) is 66.9 Å². The van der Waals surface area contributed by atoms with Gasteiger partial charge in [0.05, 0.1) is 18.8 Å². The van der Waals surface area contributed by atoms with Crippen molar-refractivity contribution in [2.75, 3.05) is 20.6 Å². The Kier molecular flexibility index (Phi) is 7.03. The fraction of sp³-hybridized carbons (Fsp3) is 0.174. The number of benzene rings is 2. The van der Waals surface area contributed by atoms with E-state index in [0.29, 0.717) is 11.6 Å². The number of carbonyl (C=O) groups excluding carboxylic acids is 2. The summed E-state index contributed by atoms with van der Waals surface area (Å²) in [6.45, 7) is 0.463. The van der Waals surface area contributed by atoms with E-state index in [1.165, 1.54) is 11.0 Å². The molecule has 0 saturated carbocycles. The van der Waals surface area contributed by atoms with Gasteiger partial charge in [0.1, 0.15) is 0 Å². The summed E-state index contributed by atoms with van der Waals surface area (Å²) in [5, 5.41) is 7.97. The maximum atomic E-state index is 12.1. The van der Waals surface area contributed by atoms with Crippen molar-refractivity contribution in [1.29, 1.82) is 0 Å². The maximum absolute atomic E-state index is 12.1. The van der Waals surface area contributed by atoms with Crippen LogP contribution in [-0.4, -0.2) is 47.1 Å². The Hall–Kier alpha value is -3.38. The third-order valence-corrected chi connectivity index (χ3v) is 4.82. The number of carbonyl (C=O) groups is 2. The van der Waals surface area contributed by atoms with E-state index >= 15 is 0 Å². The van der Waals surface area contributed by atoms with Crippen molar-refractivity contribution in [3.8, 4) is 11.3 Å². The third kappa shape index (κ3) is 5.58. The molecule has 0 saturated heterocycles. The highest BCUT2D eigenvalue weighted by Gasteiger charge is 2.11. The molecule has 3 rings (SSSR count). The molecule has 1 aromatic heterocycles. The van der Waals surface area contributed by atoms with Gasteiger partial charge >= 0.3 is 0 Å². The van der Waals surface area contributed by atoms with Crippen LogP contribution in [0.25, 0.3) is 17.3 Å². The minimum atomic E-state index is -0.344. The molecule has 154 valence electrons. The zero-order valence-electron chi connectivity index (χ0n) is 16.9. The molecule has 0 spiro atoms. The van der Waals surface area contributed by atoms with Crippen molar-refractivity contribution >= 4 is 29.5 Å². The van der Waals surface area contributed by atoms with E-state index in [-0.39, 0.29) is 18.4 Å². The van der Waals surface area contributed by atoms with Crippen molar-refractivity contribution in [1.82, 2.24) is 20.0 Å². The fourth-order valence-corrected chi connectivity index (χ4v) is 3.00. The average Bonchev–Trinajstić information content (AvgIpc) is 3.15. The van der Waals surface area contributed by atoms with E-state index in [2.05, 4.69) is 5.32 Å². The van der Waals surface area contributed by atoms with Gasteiger partial charge in [0.15, 0.2) is 0 Å². The highest BCUT2D eigenvalue weighted by atomic mass is 35.5. The molecular formula is C23H23ClN4O2. The highest BCUT2D eigenvalue weighted by Crippen LogP contribution is 2.24. The van der Waals surface area contributed by atoms with Crippen LogP contribution >= 0.6 is 11.6 Å². The van der Waals surface area contributed by atoms with Crippen LogP contribution < -0.4 is 5.32 Å². The molecule has 0 fully saturated rings. The number of likely N-dealkylation sites (N-methyl/N-ethyl adjacent to an activating group) is 1. The smallest absolute Gasteiger partial charge is 0.244 e. The predicted molar refractivity (Wildman–Crippen MR) is 119 cm³/mol. The van der Waals surface area contributed by atoms with Gasteiger partial charge in [-0.05, 0) is 17.7 Å². The Morgan fingerprint density at radius 3 is 2.50 bits per heavy atom. The first-order chi connectivity index (χ1) is 14.4. The quantitative estimate of drug-likeness (QED) is 0.593. The molecule has 0 aliphatic rings. The van der Waals surface area contributed by atoms with Crippen molar-refractivity contribution in [2.24, 2.45) is 0 Å². The van der Waals surface area contributed by atoms with E-state index in [4.69, 9.17) is 16.7 Å². The zero-order valence-corrected chi connectivity index (χ0v) is 17.6. The third-order valence-electron chi connectivity index (χ3n) is 4.45. The lowest BCUT2D eigenvalue weighted by Crippen LogP contribution is -2.35. The topological polar surface area (TPSA) is 67.2 Å². The van der Waals surface area contributed by atoms with Crippen LogP contribution in [-0.2, 0) is 16.1 Å². The molecule has 6 nitrogen and oxygen atoms in total. The van der Waals surface area contributed by atoms with Gasteiger partial charge in [0, 0.05) is 42.5 Å². The van der Waals surface area contributed by atoms with E-state index in [9.17, 15) is 9.59 Å². The molecule has 2 aromatic carbocycles. The number of amides is 2. The highest BCUT2D eigenvalue weighted by molar-refractivity contribution is 6.31. The summed E-state index contributed by atoms with van der Waals surface area (Å²) in [6, 6.07) is 17.4. The second kappa shape index (κ2) is 9.89. The normalized spacial score (nSPS) is 10.9. The minimum absolute atomic E-state index is 0.0481. The SMILES string of the molecule is CN(C)C(=O)CNC(=O)/C=C/c1cn(Cc2ccccc2Cl)nc1-c1ccccc1. The Bertz CT molecular complexity index is 1060. The number of aromatic nitrogens is 2. The molecule has 0 aliphatic heterocycles. The molecule has 7 heteroatoms. The van der Waals surface area contributed by atoms with Crippen molar-refractivity contribution in [3.05, 3.63) is 83.0 Å². The number of halogens is 1.